The predicted octanol–water partition coefficient (Wildman–Crippen LogP) is 1.14. The number of hydrogen-bond donors (Lipinski definition) is 1. The number of nitrogens with one attached hydrogen (secondary N) is 1. The third kappa shape index (κ3) is 9.19. The van der Waals surface area contributed by atoms with Gasteiger partial charge in [-0.3, -0.25) is 9.59 Å². The highest BCUT2D eigenvalue weighted by molar-refractivity contribution is 5.73. The van der Waals surface area contributed by atoms with Gasteiger partial charge in [-0.05, 0) is 26.9 Å². The Hall–Kier alpha value is -0.900. The smallest absolute Gasteiger partial charge is 0.306 e. The first-order valence-electron chi connectivity index (χ1n) is 4.97. The third-order valence-electron chi connectivity index (χ3n) is 1.30. The zero-order valence-electron chi connectivity index (χ0n) is 9.50. The van der Waals surface area contributed by atoms with Gasteiger partial charge in [0, 0.05) is 6.42 Å². The Balaban J connectivity index is 0. The minimum absolute atomic E-state index is 0.252. The standard InChI is InChI=1S/C6H8O3.C2H7N.C2H6/c7-4-5-2-1-3-6(8)9-5;1-3-2;1-2/h4-5H,1-3H2;3H,1-2H3;1-2H3. The van der Waals surface area contributed by atoms with Gasteiger partial charge in [-0.2, -0.15) is 0 Å². The van der Waals surface area contributed by atoms with Crippen LogP contribution in [0.25, 0.3) is 0 Å². The normalized spacial score (nSPS) is 19.1. The van der Waals surface area contributed by atoms with Crippen LogP contribution in [0.5, 0.6) is 0 Å². The van der Waals surface area contributed by atoms with Crippen molar-refractivity contribution < 1.29 is 14.3 Å². The highest BCUT2D eigenvalue weighted by Crippen LogP contribution is 2.11. The van der Waals surface area contributed by atoms with E-state index in [1.807, 2.05) is 27.9 Å². The molecule has 1 aliphatic heterocycles. The zero-order chi connectivity index (χ0) is 11.4. The average Bonchev–Trinajstić information content (AvgIpc) is 2.22. The molecule has 14 heavy (non-hydrogen) atoms. The molecule has 0 aromatic carbocycles. The lowest BCUT2D eigenvalue weighted by molar-refractivity contribution is -0.156. The van der Waals surface area contributed by atoms with Crippen LogP contribution in [0.1, 0.15) is 33.1 Å². The Morgan fingerprint density at radius 3 is 2.21 bits per heavy atom. The van der Waals surface area contributed by atoms with Gasteiger partial charge in [0.25, 0.3) is 0 Å². The van der Waals surface area contributed by atoms with Crippen LogP contribution >= 0.6 is 0 Å². The SMILES string of the molecule is CC.CNC.O=CC1CCCC(=O)O1. The Kier molecular flexibility index (Phi) is 13.5. The molecule has 1 atom stereocenters. The van der Waals surface area contributed by atoms with E-state index in [9.17, 15) is 9.59 Å². The molecular weight excluding hydrogens is 182 g/mol. The summed E-state index contributed by atoms with van der Waals surface area (Å²) >= 11 is 0. The molecule has 1 fully saturated rings. The van der Waals surface area contributed by atoms with Crippen molar-refractivity contribution in [2.45, 2.75) is 39.2 Å². The second-order valence-electron chi connectivity index (χ2n) is 2.56. The van der Waals surface area contributed by atoms with Crippen molar-refractivity contribution in [1.29, 1.82) is 0 Å². The molecule has 0 spiro atoms. The number of aldehydes is 1. The first kappa shape index (κ1) is 15.6. The van der Waals surface area contributed by atoms with Gasteiger partial charge in [-0.15, -0.1) is 0 Å². The number of carbonyl (C=O) groups is 2. The lowest BCUT2D eigenvalue weighted by Crippen LogP contribution is -2.24. The molecule has 1 heterocycles. The number of rotatable bonds is 1. The monoisotopic (exact) mass is 203 g/mol. The topological polar surface area (TPSA) is 55.4 Å². The van der Waals surface area contributed by atoms with E-state index < -0.39 is 6.10 Å². The molecule has 0 aromatic heterocycles. The largest absolute Gasteiger partial charge is 0.455 e. The molecule has 0 radical (unpaired) electrons. The number of hydrogen-bond acceptors (Lipinski definition) is 4. The van der Waals surface area contributed by atoms with Crippen LogP contribution in [0.2, 0.25) is 0 Å². The van der Waals surface area contributed by atoms with Gasteiger partial charge >= 0.3 is 5.97 Å². The van der Waals surface area contributed by atoms with Gasteiger partial charge in [0.15, 0.2) is 12.4 Å². The van der Waals surface area contributed by atoms with Crippen molar-refractivity contribution in [1.82, 2.24) is 5.32 Å². The molecule has 84 valence electrons. The van der Waals surface area contributed by atoms with Gasteiger partial charge in [-0.1, -0.05) is 13.8 Å². The fourth-order valence-corrected chi connectivity index (χ4v) is 0.830. The van der Waals surface area contributed by atoms with Crippen molar-refractivity contribution >= 4 is 12.3 Å². The molecule has 1 N–H and O–H groups in total. The summed E-state index contributed by atoms with van der Waals surface area (Å²) < 4.78 is 4.63. The lowest BCUT2D eigenvalue weighted by Gasteiger charge is -2.16. The molecule has 4 nitrogen and oxygen atoms in total. The van der Waals surface area contributed by atoms with E-state index in [1.54, 1.807) is 0 Å². The van der Waals surface area contributed by atoms with Gasteiger partial charge < -0.3 is 10.1 Å². The van der Waals surface area contributed by atoms with E-state index in [0.29, 0.717) is 19.1 Å². The maximum Gasteiger partial charge on any atom is 0.306 e. The maximum atomic E-state index is 10.5. The van der Waals surface area contributed by atoms with Gasteiger partial charge in [0.2, 0.25) is 0 Å². The summed E-state index contributed by atoms with van der Waals surface area (Å²) in [5.74, 6) is -0.252. The highest BCUT2D eigenvalue weighted by atomic mass is 16.5. The molecule has 0 aromatic rings. The van der Waals surface area contributed by atoms with E-state index in [-0.39, 0.29) is 5.97 Å². The van der Waals surface area contributed by atoms with E-state index in [0.717, 1.165) is 6.42 Å². The molecule has 1 aliphatic rings. The summed E-state index contributed by atoms with van der Waals surface area (Å²) in [6.45, 7) is 4.00. The van der Waals surface area contributed by atoms with Gasteiger partial charge in [-0.25, -0.2) is 0 Å². The van der Waals surface area contributed by atoms with Crippen LogP contribution in [0.15, 0.2) is 0 Å². The first-order valence-corrected chi connectivity index (χ1v) is 4.97. The zero-order valence-corrected chi connectivity index (χ0v) is 9.50. The van der Waals surface area contributed by atoms with Crippen LogP contribution in [0.4, 0.5) is 0 Å². The van der Waals surface area contributed by atoms with E-state index in [2.05, 4.69) is 10.1 Å². The van der Waals surface area contributed by atoms with E-state index >= 15 is 0 Å². The molecule has 1 saturated heterocycles. The van der Waals surface area contributed by atoms with Crippen LogP contribution in [-0.4, -0.2) is 32.5 Å². The number of ether oxygens (including phenoxy) is 1. The summed E-state index contributed by atoms with van der Waals surface area (Å²) in [5, 5.41) is 2.75. The lowest BCUT2D eigenvalue weighted by atomic mass is 10.1. The predicted molar refractivity (Wildman–Crippen MR) is 56.1 cm³/mol. The van der Waals surface area contributed by atoms with Gasteiger partial charge in [0.05, 0.1) is 0 Å². The quantitative estimate of drug-likeness (QED) is 0.513. The van der Waals surface area contributed by atoms with Crippen LogP contribution in [0.3, 0.4) is 0 Å². The van der Waals surface area contributed by atoms with Crippen molar-refractivity contribution in [2.24, 2.45) is 0 Å². The minimum atomic E-state index is -0.466. The Morgan fingerprint density at radius 1 is 1.43 bits per heavy atom. The van der Waals surface area contributed by atoms with Crippen LogP contribution in [-0.2, 0) is 14.3 Å². The molecule has 0 aliphatic carbocycles. The summed E-state index contributed by atoms with van der Waals surface area (Å²) in [6.07, 6.45) is 2.14. The highest BCUT2D eigenvalue weighted by Gasteiger charge is 2.18. The Bertz CT molecular complexity index is 148. The fraction of sp³-hybridized carbons (Fsp3) is 0.800. The first-order chi connectivity index (χ1) is 6.74. The second kappa shape index (κ2) is 12.1. The van der Waals surface area contributed by atoms with E-state index in [4.69, 9.17) is 0 Å². The summed E-state index contributed by atoms with van der Waals surface area (Å²) in [5.41, 5.74) is 0. The minimum Gasteiger partial charge on any atom is -0.455 e. The molecule has 0 bridgehead atoms. The molecule has 4 heteroatoms. The summed E-state index contributed by atoms with van der Waals surface area (Å²) in [4.78, 5) is 20.5. The van der Waals surface area contributed by atoms with Crippen molar-refractivity contribution in [3.05, 3.63) is 0 Å². The third-order valence-corrected chi connectivity index (χ3v) is 1.30. The van der Waals surface area contributed by atoms with Crippen LogP contribution < -0.4 is 5.32 Å². The second-order valence-corrected chi connectivity index (χ2v) is 2.56. The number of cyclic esters (lactones) is 1. The molecule has 0 saturated carbocycles. The van der Waals surface area contributed by atoms with Gasteiger partial charge in [0.1, 0.15) is 0 Å². The molecular formula is C10H21NO3. The maximum absolute atomic E-state index is 10.5. The summed E-state index contributed by atoms with van der Waals surface area (Å²) in [6, 6.07) is 0. The van der Waals surface area contributed by atoms with Crippen molar-refractivity contribution in [2.75, 3.05) is 14.1 Å². The van der Waals surface area contributed by atoms with Crippen LogP contribution in [0, 0.1) is 0 Å². The fourth-order valence-electron chi connectivity index (χ4n) is 0.830. The molecule has 1 unspecified atom stereocenters. The van der Waals surface area contributed by atoms with E-state index in [1.165, 1.54) is 0 Å². The average molecular weight is 203 g/mol. The number of carbonyl (C=O) groups excluding carboxylic acids is 2. The van der Waals surface area contributed by atoms with Crippen molar-refractivity contribution in [3.8, 4) is 0 Å². The number of esters is 1. The summed E-state index contributed by atoms with van der Waals surface area (Å²) in [7, 11) is 3.75. The molecule has 0 amide bonds. The van der Waals surface area contributed by atoms with Crippen molar-refractivity contribution in [3.63, 3.8) is 0 Å². The Morgan fingerprint density at radius 2 is 1.93 bits per heavy atom. The molecule has 1 rings (SSSR count). The Labute approximate surface area is 86.0 Å².